The van der Waals surface area contributed by atoms with Crippen LogP contribution in [0, 0.1) is 5.92 Å². The predicted molar refractivity (Wildman–Crippen MR) is 89.5 cm³/mol. The number of alkyl halides is 5. The fourth-order valence-electron chi connectivity index (χ4n) is 3.09. The van der Waals surface area contributed by atoms with E-state index in [4.69, 9.17) is 11.6 Å². The second kappa shape index (κ2) is 7.45. The van der Waals surface area contributed by atoms with Crippen molar-refractivity contribution in [3.05, 3.63) is 23.1 Å². The van der Waals surface area contributed by atoms with Crippen molar-refractivity contribution in [3.63, 3.8) is 0 Å². The highest BCUT2D eigenvalue weighted by Gasteiger charge is 2.35. The molecule has 0 aromatic carbocycles. The lowest BCUT2D eigenvalue weighted by Crippen LogP contribution is -2.12. The van der Waals surface area contributed by atoms with Gasteiger partial charge < -0.3 is 10.6 Å². The molecule has 148 valence electrons. The van der Waals surface area contributed by atoms with E-state index in [1.807, 2.05) is 0 Å². The van der Waals surface area contributed by atoms with Crippen molar-refractivity contribution in [3.8, 4) is 0 Å². The zero-order valence-electron chi connectivity index (χ0n) is 14.1. The average Bonchev–Trinajstić information content (AvgIpc) is 3.21. The van der Waals surface area contributed by atoms with Crippen molar-refractivity contribution in [2.75, 3.05) is 17.7 Å². The fourth-order valence-corrected chi connectivity index (χ4v) is 3.37. The van der Waals surface area contributed by atoms with Crippen molar-refractivity contribution in [1.29, 1.82) is 0 Å². The van der Waals surface area contributed by atoms with Gasteiger partial charge in [0.25, 0.3) is 0 Å². The maximum atomic E-state index is 12.9. The quantitative estimate of drug-likeness (QED) is 0.697. The minimum Gasteiger partial charge on any atom is -0.372 e. The molecule has 3 rings (SSSR count). The second-order valence-corrected chi connectivity index (χ2v) is 6.54. The molecule has 0 unspecified atom stereocenters. The van der Waals surface area contributed by atoms with Gasteiger partial charge >= 0.3 is 6.18 Å². The van der Waals surface area contributed by atoms with Crippen LogP contribution in [0.3, 0.4) is 0 Å². The molecule has 2 N–H and O–H groups in total. The number of anilines is 3. The third kappa shape index (κ3) is 4.07. The molecule has 1 saturated carbocycles. The standard InChI is InChI=1S/C15H16ClF5N6/c1-22-13-9(15(19,20)21)5-23-14(26-13)25-10-6-24-27(11(10)16)8-3-2-7(4-8)12(17)18/h5-8,12H,2-4H2,1H3,(H2,22,23,25,26)/t7-,8+/m1/s1. The summed E-state index contributed by atoms with van der Waals surface area (Å²) in [4.78, 5) is 7.44. The van der Waals surface area contributed by atoms with Gasteiger partial charge in [-0.15, -0.1) is 0 Å². The molecule has 0 radical (unpaired) electrons. The Morgan fingerprint density at radius 1 is 1.26 bits per heavy atom. The summed E-state index contributed by atoms with van der Waals surface area (Å²) in [6.45, 7) is 0. The Morgan fingerprint density at radius 2 is 2.00 bits per heavy atom. The summed E-state index contributed by atoms with van der Waals surface area (Å²) in [5.74, 6) is -1.19. The van der Waals surface area contributed by atoms with Gasteiger partial charge in [0.1, 0.15) is 11.4 Å². The number of rotatable bonds is 5. The van der Waals surface area contributed by atoms with Crippen LogP contribution in [0.1, 0.15) is 30.9 Å². The maximum Gasteiger partial charge on any atom is 0.421 e. The lowest BCUT2D eigenvalue weighted by Gasteiger charge is -2.14. The molecule has 2 heterocycles. The largest absolute Gasteiger partial charge is 0.421 e. The van der Waals surface area contributed by atoms with Gasteiger partial charge in [-0.25, -0.2) is 18.4 Å². The smallest absolute Gasteiger partial charge is 0.372 e. The average molecular weight is 411 g/mol. The first-order valence-electron chi connectivity index (χ1n) is 8.11. The number of hydrogen-bond acceptors (Lipinski definition) is 5. The molecule has 0 amide bonds. The van der Waals surface area contributed by atoms with E-state index in [1.165, 1.54) is 17.9 Å². The van der Waals surface area contributed by atoms with E-state index in [-0.39, 0.29) is 35.1 Å². The highest BCUT2D eigenvalue weighted by Crippen LogP contribution is 2.40. The van der Waals surface area contributed by atoms with Gasteiger partial charge in [0.05, 0.1) is 17.9 Å². The summed E-state index contributed by atoms with van der Waals surface area (Å²) in [7, 11) is 1.31. The van der Waals surface area contributed by atoms with Gasteiger partial charge in [-0.05, 0) is 19.3 Å². The third-order valence-corrected chi connectivity index (χ3v) is 4.84. The molecule has 2 aromatic rings. The predicted octanol–water partition coefficient (Wildman–Crippen LogP) is 4.74. The SMILES string of the molecule is CNc1nc(Nc2cnn([C@H]3CC[C@@H](C(F)F)C3)c2Cl)ncc1C(F)(F)F. The van der Waals surface area contributed by atoms with E-state index >= 15 is 0 Å². The van der Waals surface area contributed by atoms with Gasteiger partial charge in [0.2, 0.25) is 12.4 Å². The van der Waals surface area contributed by atoms with E-state index in [9.17, 15) is 22.0 Å². The number of nitrogens with one attached hydrogen (secondary N) is 2. The van der Waals surface area contributed by atoms with Gasteiger partial charge in [0, 0.05) is 19.2 Å². The lowest BCUT2D eigenvalue weighted by atomic mass is 10.1. The summed E-state index contributed by atoms with van der Waals surface area (Å²) in [6, 6.07) is -0.256. The first-order valence-corrected chi connectivity index (χ1v) is 8.48. The molecular formula is C15H16ClF5N6. The van der Waals surface area contributed by atoms with E-state index in [0.29, 0.717) is 19.0 Å². The molecule has 6 nitrogen and oxygen atoms in total. The molecule has 0 bridgehead atoms. The van der Waals surface area contributed by atoms with Crippen LogP contribution in [0.25, 0.3) is 0 Å². The Morgan fingerprint density at radius 3 is 2.59 bits per heavy atom. The monoisotopic (exact) mass is 410 g/mol. The van der Waals surface area contributed by atoms with Crippen LogP contribution in [0.15, 0.2) is 12.4 Å². The minimum atomic E-state index is -4.59. The number of aromatic nitrogens is 4. The van der Waals surface area contributed by atoms with Crippen LogP contribution in [-0.4, -0.2) is 33.2 Å². The van der Waals surface area contributed by atoms with Gasteiger partial charge in [-0.3, -0.25) is 0 Å². The topological polar surface area (TPSA) is 67.7 Å². The number of halogens is 6. The Labute approximate surface area is 156 Å². The molecule has 2 aromatic heterocycles. The molecule has 12 heteroatoms. The minimum absolute atomic E-state index is 0.106. The van der Waals surface area contributed by atoms with Crippen molar-refractivity contribution >= 4 is 29.1 Å². The molecular weight excluding hydrogens is 395 g/mol. The summed E-state index contributed by atoms with van der Waals surface area (Å²) in [5.41, 5.74) is -0.722. The summed E-state index contributed by atoms with van der Waals surface area (Å²) >= 11 is 6.26. The molecule has 1 aliphatic rings. The van der Waals surface area contributed by atoms with E-state index in [1.54, 1.807) is 0 Å². The third-order valence-electron chi connectivity index (χ3n) is 4.46. The second-order valence-electron chi connectivity index (χ2n) is 6.18. The van der Waals surface area contributed by atoms with Gasteiger partial charge in [0.15, 0.2) is 5.15 Å². The Balaban J connectivity index is 1.79. The van der Waals surface area contributed by atoms with E-state index in [0.717, 1.165) is 0 Å². The van der Waals surface area contributed by atoms with Crippen molar-refractivity contribution in [2.45, 2.75) is 37.9 Å². The van der Waals surface area contributed by atoms with E-state index in [2.05, 4.69) is 25.7 Å². The summed E-state index contributed by atoms with van der Waals surface area (Å²) in [5, 5.41) is 9.35. The molecule has 2 atom stereocenters. The van der Waals surface area contributed by atoms with Crippen LogP contribution in [0.2, 0.25) is 5.15 Å². The van der Waals surface area contributed by atoms with Crippen molar-refractivity contribution in [2.24, 2.45) is 5.92 Å². The normalized spacial score (nSPS) is 20.3. The summed E-state index contributed by atoms with van der Waals surface area (Å²) < 4.78 is 65.8. The van der Waals surface area contributed by atoms with Crippen LogP contribution in [0.4, 0.5) is 39.4 Å². The molecule has 0 spiro atoms. The summed E-state index contributed by atoms with van der Waals surface area (Å²) in [6.07, 6.45) is -3.79. The van der Waals surface area contributed by atoms with Crippen LogP contribution >= 0.6 is 11.6 Å². The highest BCUT2D eigenvalue weighted by molar-refractivity contribution is 6.32. The van der Waals surface area contributed by atoms with Crippen molar-refractivity contribution < 1.29 is 22.0 Å². The molecule has 0 saturated heterocycles. The first kappa shape index (κ1) is 19.6. The molecule has 1 fully saturated rings. The Kier molecular flexibility index (Phi) is 5.41. The van der Waals surface area contributed by atoms with Gasteiger partial charge in [-0.2, -0.15) is 23.3 Å². The molecule has 27 heavy (non-hydrogen) atoms. The fraction of sp³-hybridized carbons (Fsp3) is 0.533. The highest BCUT2D eigenvalue weighted by atomic mass is 35.5. The Hall–Kier alpha value is -2.17. The first-order chi connectivity index (χ1) is 12.7. The Bertz CT molecular complexity index is 808. The van der Waals surface area contributed by atoms with Crippen LogP contribution < -0.4 is 10.6 Å². The van der Waals surface area contributed by atoms with Crippen LogP contribution in [0.5, 0.6) is 0 Å². The zero-order chi connectivity index (χ0) is 19.8. The van der Waals surface area contributed by atoms with Crippen LogP contribution in [-0.2, 0) is 6.18 Å². The maximum absolute atomic E-state index is 12.9. The van der Waals surface area contributed by atoms with E-state index < -0.39 is 24.1 Å². The van der Waals surface area contributed by atoms with Crippen molar-refractivity contribution in [1.82, 2.24) is 19.7 Å². The zero-order valence-corrected chi connectivity index (χ0v) is 14.8. The molecule has 1 aliphatic carbocycles. The lowest BCUT2D eigenvalue weighted by molar-refractivity contribution is -0.137. The number of hydrogen-bond donors (Lipinski definition) is 2. The molecule has 0 aliphatic heterocycles. The van der Waals surface area contributed by atoms with Gasteiger partial charge in [-0.1, -0.05) is 11.6 Å². The number of nitrogens with zero attached hydrogens (tertiary/aromatic N) is 4.